The van der Waals surface area contributed by atoms with Crippen molar-refractivity contribution >= 4 is 46.4 Å². The molecular weight excluding hydrogens is 452 g/mol. The number of nitriles is 1. The molecule has 164 valence electrons. The minimum Gasteiger partial charge on any atom is -0.340 e. The highest BCUT2D eigenvalue weighted by molar-refractivity contribution is 8.00. The summed E-state index contributed by atoms with van der Waals surface area (Å²) in [6.07, 6.45) is 1.69. The van der Waals surface area contributed by atoms with Crippen LogP contribution >= 0.6 is 23.4 Å². The molecule has 0 atom stereocenters. The molecule has 0 fully saturated rings. The zero-order valence-corrected chi connectivity index (χ0v) is 19.5. The highest BCUT2D eigenvalue weighted by Gasteiger charge is 2.14. The van der Waals surface area contributed by atoms with Crippen molar-refractivity contribution in [1.82, 2.24) is 9.99 Å². The fourth-order valence-electron chi connectivity index (χ4n) is 3.64. The smallest absolute Gasteiger partial charge is 0.250 e. The average molecular weight is 473 g/mol. The number of nitrogens with one attached hydrogen (secondary N) is 1. The number of carbonyl (C=O) groups is 1. The third-order valence-electron chi connectivity index (χ3n) is 5.31. The topological polar surface area (TPSA) is 70.2 Å². The molecule has 0 aliphatic carbocycles. The lowest BCUT2D eigenvalue weighted by Crippen LogP contribution is -2.19. The van der Waals surface area contributed by atoms with Crippen molar-refractivity contribution < 1.29 is 4.79 Å². The lowest BCUT2D eigenvalue weighted by Gasteiger charge is -2.10. The van der Waals surface area contributed by atoms with Crippen LogP contribution in [0.2, 0.25) is 5.02 Å². The minimum absolute atomic E-state index is 0.185. The number of halogens is 1. The van der Waals surface area contributed by atoms with E-state index in [2.05, 4.69) is 27.2 Å². The van der Waals surface area contributed by atoms with Gasteiger partial charge in [-0.15, -0.1) is 11.8 Å². The van der Waals surface area contributed by atoms with E-state index >= 15 is 0 Å². The van der Waals surface area contributed by atoms with Crippen LogP contribution in [0.25, 0.3) is 10.9 Å². The predicted molar refractivity (Wildman–Crippen MR) is 135 cm³/mol. The molecule has 1 amide bonds. The standard InChI is InChI=1S/C26H21ClN4OS/c1-18-24(15-29-30-26(32)17-33-22-12-10-21(27)11-13-22)23-8-4-5-9-25(23)31(18)16-20-7-3-2-6-19(20)14-28/h2-13,15H,16-17H2,1H3,(H,30,32)/b29-15-. The van der Waals surface area contributed by atoms with E-state index in [1.165, 1.54) is 11.8 Å². The van der Waals surface area contributed by atoms with Crippen molar-refractivity contribution in [3.05, 3.63) is 100 Å². The van der Waals surface area contributed by atoms with Gasteiger partial charge in [0.15, 0.2) is 0 Å². The van der Waals surface area contributed by atoms with E-state index in [1.54, 1.807) is 18.3 Å². The predicted octanol–water partition coefficient (Wildman–Crippen LogP) is 5.77. The third-order valence-corrected chi connectivity index (χ3v) is 6.58. The summed E-state index contributed by atoms with van der Waals surface area (Å²) in [6.45, 7) is 2.60. The molecule has 5 nitrogen and oxygen atoms in total. The van der Waals surface area contributed by atoms with Gasteiger partial charge in [-0.05, 0) is 48.9 Å². The molecule has 33 heavy (non-hydrogen) atoms. The summed E-state index contributed by atoms with van der Waals surface area (Å²) in [5.41, 5.74) is 7.23. The number of para-hydroxylation sites is 1. The Morgan fingerprint density at radius 1 is 1.12 bits per heavy atom. The van der Waals surface area contributed by atoms with Gasteiger partial charge < -0.3 is 4.57 Å². The summed E-state index contributed by atoms with van der Waals surface area (Å²) in [5, 5.41) is 15.4. The van der Waals surface area contributed by atoms with Gasteiger partial charge in [-0.25, -0.2) is 5.43 Å². The molecule has 4 rings (SSSR count). The van der Waals surface area contributed by atoms with Crippen LogP contribution in [0.3, 0.4) is 0 Å². The van der Waals surface area contributed by atoms with Gasteiger partial charge in [0.1, 0.15) is 0 Å². The third kappa shape index (κ3) is 5.28. The second-order valence-corrected chi connectivity index (χ2v) is 8.89. The van der Waals surface area contributed by atoms with Crippen LogP contribution in [0.5, 0.6) is 0 Å². The van der Waals surface area contributed by atoms with E-state index in [1.807, 2.05) is 61.5 Å². The molecular formula is C26H21ClN4OS. The van der Waals surface area contributed by atoms with Crippen molar-refractivity contribution in [1.29, 1.82) is 5.26 Å². The van der Waals surface area contributed by atoms with Crippen molar-refractivity contribution in [2.24, 2.45) is 5.10 Å². The first-order valence-electron chi connectivity index (χ1n) is 10.3. The number of hydrogen-bond acceptors (Lipinski definition) is 4. The van der Waals surface area contributed by atoms with Gasteiger partial charge in [-0.1, -0.05) is 48.0 Å². The van der Waals surface area contributed by atoms with E-state index in [4.69, 9.17) is 11.6 Å². The Bertz CT molecular complexity index is 1370. The van der Waals surface area contributed by atoms with Crippen molar-refractivity contribution in [3.8, 4) is 6.07 Å². The number of rotatable bonds is 7. The number of hydrogen-bond donors (Lipinski definition) is 1. The first kappa shape index (κ1) is 22.7. The van der Waals surface area contributed by atoms with Crippen LogP contribution in [0, 0.1) is 18.3 Å². The fraction of sp³-hybridized carbons (Fsp3) is 0.115. The molecule has 1 heterocycles. The Morgan fingerprint density at radius 3 is 2.64 bits per heavy atom. The lowest BCUT2D eigenvalue weighted by atomic mass is 10.1. The summed E-state index contributed by atoms with van der Waals surface area (Å²) in [6, 6.07) is 25.3. The zero-order chi connectivity index (χ0) is 23.2. The Balaban J connectivity index is 1.51. The van der Waals surface area contributed by atoms with Crippen molar-refractivity contribution in [2.45, 2.75) is 18.4 Å². The monoisotopic (exact) mass is 472 g/mol. The molecule has 0 radical (unpaired) electrons. The largest absolute Gasteiger partial charge is 0.340 e. The Labute approximate surface area is 201 Å². The molecule has 1 N–H and O–H groups in total. The maximum atomic E-state index is 12.2. The fourth-order valence-corrected chi connectivity index (χ4v) is 4.46. The summed E-state index contributed by atoms with van der Waals surface area (Å²) in [5.74, 6) is 0.0699. The van der Waals surface area contributed by atoms with E-state index in [0.717, 1.165) is 32.6 Å². The number of hydrazone groups is 1. The van der Waals surface area contributed by atoms with Crippen LogP contribution in [0.1, 0.15) is 22.4 Å². The van der Waals surface area contributed by atoms with Crippen molar-refractivity contribution in [2.75, 3.05) is 5.75 Å². The Kier molecular flexibility index (Phi) is 7.13. The van der Waals surface area contributed by atoms with Gasteiger partial charge in [0, 0.05) is 38.6 Å². The Hall–Kier alpha value is -3.53. The van der Waals surface area contributed by atoms with E-state index in [9.17, 15) is 10.1 Å². The minimum atomic E-state index is -0.185. The number of carbonyl (C=O) groups excluding carboxylic acids is 1. The molecule has 0 spiro atoms. The maximum absolute atomic E-state index is 12.2. The highest BCUT2D eigenvalue weighted by Crippen LogP contribution is 2.26. The van der Waals surface area contributed by atoms with Crippen molar-refractivity contribution in [3.63, 3.8) is 0 Å². The summed E-state index contributed by atoms with van der Waals surface area (Å²) < 4.78 is 2.17. The normalized spacial score (nSPS) is 11.1. The molecule has 7 heteroatoms. The van der Waals surface area contributed by atoms with Crippen LogP contribution in [0.15, 0.2) is 82.8 Å². The quantitative estimate of drug-likeness (QED) is 0.211. The molecule has 0 saturated carbocycles. The van der Waals surface area contributed by atoms with E-state index in [-0.39, 0.29) is 11.7 Å². The van der Waals surface area contributed by atoms with E-state index in [0.29, 0.717) is 17.1 Å². The molecule has 0 aliphatic rings. The molecule has 0 bridgehead atoms. The van der Waals surface area contributed by atoms with Crippen LogP contribution < -0.4 is 5.43 Å². The number of aromatic nitrogens is 1. The Morgan fingerprint density at radius 2 is 1.85 bits per heavy atom. The van der Waals surface area contributed by atoms with Gasteiger partial charge in [-0.3, -0.25) is 4.79 Å². The number of benzene rings is 3. The first-order valence-corrected chi connectivity index (χ1v) is 11.7. The van der Waals surface area contributed by atoms with Gasteiger partial charge in [0.25, 0.3) is 0 Å². The zero-order valence-electron chi connectivity index (χ0n) is 18.0. The van der Waals surface area contributed by atoms with Gasteiger partial charge in [-0.2, -0.15) is 10.4 Å². The van der Waals surface area contributed by atoms with Crippen LogP contribution in [-0.4, -0.2) is 22.4 Å². The number of fused-ring (bicyclic) bond motifs is 1. The SMILES string of the molecule is Cc1c(/C=N\NC(=O)CSc2ccc(Cl)cc2)c2ccccc2n1Cc1ccccc1C#N. The molecule has 0 saturated heterocycles. The van der Waals surface area contributed by atoms with Gasteiger partial charge >= 0.3 is 0 Å². The van der Waals surface area contributed by atoms with Crippen LogP contribution in [-0.2, 0) is 11.3 Å². The van der Waals surface area contributed by atoms with Crippen LogP contribution in [0.4, 0.5) is 0 Å². The second kappa shape index (κ2) is 10.4. The number of amides is 1. The lowest BCUT2D eigenvalue weighted by molar-refractivity contribution is -0.118. The highest BCUT2D eigenvalue weighted by atomic mass is 35.5. The summed E-state index contributed by atoms with van der Waals surface area (Å²) in [7, 11) is 0. The van der Waals surface area contributed by atoms with E-state index < -0.39 is 0 Å². The molecule has 1 aromatic heterocycles. The van der Waals surface area contributed by atoms with Gasteiger partial charge in [0.05, 0.1) is 23.6 Å². The summed E-state index contributed by atoms with van der Waals surface area (Å²) >= 11 is 7.32. The number of thioether (sulfide) groups is 1. The summed E-state index contributed by atoms with van der Waals surface area (Å²) in [4.78, 5) is 13.2. The maximum Gasteiger partial charge on any atom is 0.250 e. The first-order chi connectivity index (χ1) is 16.1. The molecule has 0 unspecified atom stereocenters. The number of nitrogens with zero attached hydrogens (tertiary/aromatic N) is 3. The van der Waals surface area contributed by atoms with Gasteiger partial charge in [0.2, 0.25) is 5.91 Å². The molecule has 4 aromatic rings. The second-order valence-electron chi connectivity index (χ2n) is 7.41. The molecule has 0 aliphatic heterocycles. The average Bonchev–Trinajstić information content (AvgIpc) is 3.10. The molecule has 3 aromatic carbocycles.